The second kappa shape index (κ2) is 7.15. The average Bonchev–Trinajstić information content (AvgIpc) is 2.56. The van der Waals surface area contributed by atoms with Crippen LogP contribution in [0.25, 0.3) is 0 Å². The Kier molecular flexibility index (Phi) is 5.51. The predicted octanol–water partition coefficient (Wildman–Crippen LogP) is 4.44. The zero-order chi connectivity index (χ0) is 12.8. The summed E-state index contributed by atoms with van der Waals surface area (Å²) in [6, 6.07) is 6.82. The topological polar surface area (TPSA) is 21.3 Å². The van der Waals surface area contributed by atoms with Crippen molar-refractivity contribution in [2.75, 3.05) is 13.2 Å². The SMILES string of the molecule is CCCCCNC1CCCOc2cc(Br)ccc21. The summed E-state index contributed by atoms with van der Waals surface area (Å²) in [7, 11) is 0. The first-order chi connectivity index (χ1) is 8.81. The molecule has 100 valence electrons. The molecule has 2 nitrogen and oxygen atoms in total. The van der Waals surface area contributed by atoms with Gasteiger partial charge in [-0.1, -0.05) is 41.8 Å². The van der Waals surface area contributed by atoms with Gasteiger partial charge in [-0.3, -0.25) is 0 Å². The molecule has 1 heterocycles. The summed E-state index contributed by atoms with van der Waals surface area (Å²) in [5.41, 5.74) is 1.31. The van der Waals surface area contributed by atoms with Crippen molar-refractivity contribution in [2.45, 2.75) is 45.1 Å². The van der Waals surface area contributed by atoms with Crippen molar-refractivity contribution >= 4 is 15.9 Å². The van der Waals surface area contributed by atoms with E-state index in [0.29, 0.717) is 6.04 Å². The van der Waals surface area contributed by atoms with Gasteiger partial charge in [-0.15, -0.1) is 0 Å². The Labute approximate surface area is 118 Å². The van der Waals surface area contributed by atoms with Gasteiger partial charge in [0, 0.05) is 16.1 Å². The molecule has 0 fully saturated rings. The number of halogens is 1. The predicted molar refractivity (Wildman–Crippen MR) is 79.1 cm³/mol. The van der Waals surface area contributed by atoms with Crippen LogP contribution in [0, 0.1) is 0 Å². The van der Waals surface area contributed by atoms with Gasteiger partial charge in [0.1, 0.15) is 5.75 Å². The molecule has 0 saturated carbocycles. The van der Waals surface area contributed by atoms with Crippen molar-refractivity contribution in [3.8, 4) is 5.75 Å². The molecule has 1 aliphatic rings. The van der Waals surface area contributed by atoms with Crippen molar-refractivity contribution in [3.63, 3.8) is 0 Å². The minimum absolute atomic E-state index is 0.451. The van der Waals surface area contributed by atoms with Crippen LogP contribution in [0.3, 0.4) is 0 Å². The molecule has 1 aromatic carbocycles. The maximum absolute atomic E-state index is 5.82. The lowest BCUT2D eigenvalue weighted by Crippen LogP contribution is -2.22. The molecule has 0 aromatic heterocycles. The normalized spacial score (nSPS) is 18.9. The molecule has 1 atom stereocenters. The number of nitrogens with one attached hydrogen (secondary N) is 1. The number of hydrogen-bond donors (Lipinski definition) is 1. The lowest BCUT2D eigenvalue weighted by Gasteiger charge is -2.18. The fraction of sp³-hybridized carbons (Fsp3) is 0.600. The lowest BCUT2D eigenvalue weighted by atomic mass is 10.0. The van der Waals surface area contributed by atoms with Crippen LogP contribution in [0.15, 0.2) is 22.7 Å². The third-order valence-corrected chi connectivity index (χ3v) is 3.91. The zero-order valence-electron chi connectivity index (χ0n) is 11.0. The summed E-state index contributed by atoms with van der Waals surface area (Å²) < 4.78 is 6.91. The molecule has 0 aliphatic carbocycles. The van der Waals surface area contributed by atoms with E-state index in [1.54, 1.807) is 0 Å². The van der Waals surface area contributed by atoms with Gasteiger partial charge >= 0.3 is 0 Å². The van der Waals surface area contributed by atoms with E-state index < -0.39 is 0 Å². The highest BCUT2D eigenvalue weighted by Gasteiger charge is 2.19. The van der Waals surface area contributed by atoms with E-state index in [1.807, 2.05) is 0 Å². The van der Waals surface area contributed by atoms with Gasteiger partial charge < -0.3 is 10.1 Å². The average molecular weight is 312 g/mol. The van der Waals surface area contributed by atoms with E-state index in [0.717, 1.165) is 29.8 Å². The Morgan fingerprint density at radius 2 is 2.28 bits per heavy atom. The second-order valence-corrected chi connectivity index (χ2v) is 5.80. The molecule has 1 unspecified atom stereocenters. The fourth-order valence-electron chi connectivity index (χ4n) is 2.41. The summed E-state index contributed by atoms with van der Waals surface area (Å²) in [6.45, 7) is 4.18. The molecule has 0 radical (unpaired) electrons. The first-order valence-corrected chi connectivity index (χ1v) is 7.76. The van der Waals surface area contributed by atoms with Gasteiger partial charge in [0.05, 0.1) is 6.61 Å². The summed E-state index contributed by atoms with van der Waals surface area (Å²) in [5, 5.41) is 3.68. The third-order valence-electron chi connectivity index (χ3n) is 3.42. The number of rotatable bonds is 5. The maximum Gasteiger partial charge on any atom is 0.125 e. The second-order valence-electron chi connectivity index (χ2n) is 4.89. The van der Waals surface area contributed by atoms with Crippen LogP contribution >= 0.6 is 15.9 Å². The highest BCUT2D eigenvalue weighted by Crippen LogP contribution is 2.33. The molecule has 1 N–H and O–H groups in total. The highest BCUT2D eigenvalue weighted by atomic mass is 79.9. The molecule has 0 saturated heterocycles. The molecular formula is C15H22BrNO. The summed E-state index contributed by atoms with van der Waals surface area (Å²) in [6.07, 6.45) is 6.14. The first kappa shape index (κ1) is 13.9. The number of fused-ring (bicyclic) bond motifs is 1. The van der Waals surface area contributed by atoms with Gasteiger partial charge in [-0.2, -0.15) is 0 Å². The Hall–Kier alpha value is -0.540. The van der Waals surface area contributed by atoms with Crippen molar-refractivity contribution in [1.29, 1.82) is 0 Å². The molecule has 18 heavy (non-hydrogen) atoms. The van der Waals surface area contributed by atoms with Crippen LogP contribution in [-0.4, -0.2) is 13.2 Å². The largest absolute Gasteiger partial charge is 0.493 e. The quantitative estimate of drug-likeness (QED) is 0.812. The monoisotopic (exact) mass is 311 g/mol. The molecular weight excluding hydrogens is 290 g/mol. The van der Waals surface area contributed by atoms with Gasteiger partial charge in [-0.25, -0.2) is 0 Å². The van der Waals surface area contributed by atoms with Gasteiger partial charge in [0.2, 0.25) is 0 Å². The van der Waals surface area contributed by atoms with E-state index in [9.17, 15) is 0 Å². The van der Waals surface area contributed by atoms with E-state index in [4.69, 9.17) is 4.74 Å². The van der Waals surface area contributed by atoms with Crippen molar-refractivity contribution in [1.82, 2.24) is 5.32 Å². The molecule has 1 aliphatic heterocycles. The number of benzene rings is 1. The summed E-state index contributed by atoms with van der Waals surface area (Å²) in [5.74, 6) is 1.04. The van der Waals surface area contributed by atoms with Crippen LogP contribution in [0.1, 0.15) is 50.6 Å². The lowest BCUT2D eigenvalue weighted by molar-refractivity contribution is 0.315. The number of hydrogen-bond acceptors (Lipinski definition) is 2. The van der Waals surface area contributed by atoms with Crippen molar-refractivity contribution in [2.24, 2.45) is 0 Å². The highest BCUT2D eigenvalue weighted by molar-refractivity contribution is 9.10. The minimum Gasteiger partial charge on any atom is -0.493 e. The zero-order valence-corrected chi connectivity index (χ0v) is 12.6. The Morgan fingerprint density at radius 1 is 1.39 bits per heavy atom. The molecule has 0 spiro atoms. The molecule has 2 rings (SSSR count). The smallest absolute Gasteiger partial charge is 0.125 e. The summed E-state index contributed by atoms with van der Waals surface area (Å²) in [4.78, 5) is 0. The van der Waals surface area contributed by atoms with Crippen molar-refractivity contribution in [3.05, 3.63) is 28.2 Å². The van der Waals surface area contributed by atoms with E-state index in [1.165, 1.54) is 31.2 Å². The van der Waals surface area contributed by atoms with Crippen LogP contribution in [0.5, 0.6) is 5.75 Å². The van der Waals surface area contributed by atoms with Gasteiger partial charge in [-0.05, 0) is 37.9 Å². The number of unbranched alkanes of at least 4 members (excludes halogenated alkanes) is 2. The first-order valence-electron chi connectivity index (χ1n) is 6.97. The minimum atomic E-state index is 0.451. The molecule has 0 amide bonds. The summed E-state index contributed by atoms with van der Waals surface area (Å²) >= 11 is 3.51. The molecule has 3 heteroatoms. The standard InChI is InChI=1S/C15H22BrNO/c1-2-3-4-9-17-14-6-5-10-18-15-11-12(16)7-8-13(14)15/h7-8,11,14,17H,2-6,9-10H2,1H3. The van der Waals surface area contributed by atoms with Gasteiger partial charge in [0.25, 0.3) is 0 Å². The molecule has 0 bridgehead atoms. The Balaban J connectivity index is 2.02. The third kappa shape index (κ3) is 3.72. The fourth-order valence-corrected chi connectivity index (χ4v) is 2.75. The van der Waals surface area contributed by atoms with Crippen LogP contribution < -0.4 is 10.1 Å². The number of ether oxygens (including phenoxy) is 1. The van der Waals surface area contributed by atoms with Crippen LogP contribution in [0.4, 0.5) is 0 Å². The van der Waals surface area contributed by atoms with Crippen LogP contribution in [0.2, 0.25) is 0 Å². The van der Waals surface area contributed by atoms with E-state index in [2.05, 4.69) is 46.4 Å². The Morgan fingerprint density at radius 3 is 3.11 bits per heavy atom. The van der Waals surface area contributed by atoms with Gasteiger partial charge in [0.15, 0.2) is 0 Å². The molecule has 1 aromatic rings. The maximum atomic E-state index is 5.82. The van der Waals surface area contributed by atoms with Crippen molar-refractivity contribution < 1.29 is 4.74 Å². The van der Waals surface area contributed by atoms with E-state index in [-0.39, 0.29) is 0 Å². The van der Waals surface area contributed by atoms with E-state index >= 15 is 0 Å². The van der Waals surface area contributed by atoms with Crippen LogP contribution in [-0.2, 0) is 0 Å². The Bertz CT molecular complexity index is 381.